The number of nitrogens with one attached hydrogen (secondary N) is 1. The third kappa shape index (κ3) is 1.84. The van der Waals surface area contributed by atoms with Crippen molar-refractivity contribution in [1.82, 2.24) is 24.7 Å². The highest BCUT2D eigenvalue weighted by atomic mass is 15.4. The van der Waals surface area contributed by atoms with Gasteiger partial charge < -0.3 is 5.43 Å². The highest BCUT2D eigenvalue weighted by Crippen LogP contribution is 2.18. The van der Waals surface area contributed by atoms with Crippen molar-refractivity contribution in [3.05, 3.63) is 24.5 Å². The maximum atomic E-state index is 5.42. The minimum absolute atomic E-state index is 0.627. The minimum Gasteiger partial charge on any atom is -0.308 e. The molecular weight excluding hydrogens is 206 g/mol. The van der Waals surface area contributed by atoms with Crippen LogP contribution in [0.5, 0.6) is 0 Å². The molecule has 2 aromatic rings. The number of hydrogen-bond donors (Lipinski definition) is 2. The summed E-state index contributed by atoms with van der Waals surface area (Å²) in [6.07, 6.45) is 6.32. The first-order chi connectivity index (χ1) is 7.86. The lowest BCUT2D eigenvalue weighted by Crippen LogP contribution is -2.14. The Labute approximate surface area is 92.7 Å². The summed E-state index contributed by atoms with van der Waals surface area (Å²) in [5.41, 5.74) is 3.51. The van der Waals surface area contributed by atoms with E-state index in [0.717, 1.165) is 18.4 Å². The van der Waals surface area contributed by atoms with E-state index in [-0.39, 0.29) is 0 Å². The Kier molecular flexibility index (Phi) is 3.06. The zero-order valence-corrected chi connectivity index (χ0v) is 8.96. The number of rotatable bonds is 4. The third-order valence-electron chi connectivity index (χ3n) is 2.20. The molecule has 0 aliphatic heterocycles. The third-order valence-corrected chi connectivity index (χ3v) is 2.20. The number of hydrazine groups is 1. The average molecular weight is 219 g/mol. The van der Waals surface area contributed by atoms with Crippen LogP contribution in [-0.4, -0.2) is 24.7 Å². The van der Waals surface area contributed by atoms with Gasteiger partial charge in [-0.3, -0.25) is 0 Å². The Balaban J connectivity index is 2.51. The quantitative estimate of drug-likeness (QED) is 0.567. The lowest BCUT2D eigenvalue weighted by atomic mass is 10.1. The molecule has 84 valence electrons. The molecule has 0 aliphatic carbocycles. The van der Waals surface area contributed by atoms with Crippen LogP contribution in [-0.2, 0) is 6.42 Å². The van der Waals surface area contributed by atoms with Crippen LogP contribution in [0.1, 0.15) is 18.9 Å². The summed E-state index contributed by atoms with van der Waals surface area (Å²) in [5.74, 6) is 6.76. The van der Waals surface area contributed by atoms with Crippen molar-refractivity contribution in [2.75, 3.05) is 5.43 Å². The van der Waals surface area contributed by atoms with Gasteiger partial charge in [-0.05, 0) is 6.42 Å². The van der Waals surface area contributed by atoms with Crippen molar-refractivity contribution in [2.24, 2.45) is 5.84 Å². The molecule has 16 heavy (non-hydrogen) atoms. The second-order valence-corrected chi connectivity index (χ2v) is 3.26. The molecule has 0 saturated carbocycles. The van der Waals surface area contributed by atoms with Gasteiger partial charge in [0, 0.05) is 5.56 Å². The molecule has 2 aromatic heterocycles. The molecule has 0 saturated heterocycles. The zero-order chi connectivity index (χ0) is 11.4. The van der Waals surface area contributed by atoms with Gasteiger partial charge in [0.25, 0.3) is 0 Å². The molecular formula is C9H13N7. The first-order valence-electron chi connectivity index (χ1n) is 5.02. The van der Waals surface area contributed by atoms with E-state index in [1.165, 1.54) is 12.7 Å². The number of nitrogen functional groups attached to an aromatic ring is 1. The second kappa shape index (κ2) is 4.67. The summed E-state index contributed by atoms with van der Waals surface area (Å²) in [7, 11) is 0. The molecule has 2 heterocycles. The smallest absolute Gasteiger partial charge is 0.163 e. The van der Waals surface area contributed by atoms with E-state index in [0.29, 0.717) is 11.6 Å². The normalized spacial score (nSPS) is 10.4. The summed E-state index contributed by atoms with van der Waals surface area (Å²) < 4.78 is 1.60. The lowest BCUT2D eigenvalue weighted by molar-refractivity contribution is 0.798. The first-order valence-corrected chi connectivity index (χ1v) is 5.02. The van der Waals surface area contributed by atoms with Crippen molar-refractivity contribution in [1.29, 1.82) is 0 Å². The van der Waals surface area contributed by atoms with Gasteiger partial charge in [0.15, 0.2) is 5.82 Å². The van der Waals surface area contributed by atoms with Crippen molar-refractivity contribution < 1.29 is 0 Å². The number of hydrogen-bond acceptors (Lipinski definition) is 6. The second-order valence-electron chi connectivity index (χ2n) is 3.26. The van der Waals surface area contributed by atoms with E-state index >= 15 is 0 Å². The van der Waals surface area contributed by atoms with Crippen LogP contribution < -0.4 is 11.3 Å². The van der Waals surface area contributed by atoms with Crippen molar-refractivity contribution in [3.8, 4) is 5.82 Å². The van der Waals surface area contributed by atoms with Gasteiger partial charge in [-0.15, -0.1) is 0 Å². The monoisotopic (exact) mass is 219 g/mol. The molecule has 0 aromatic carbocycles. The number of nitrogens with two attached hydrogens (primary N) is 1. The predicted octanol–water partition coefficient (Wildman–Crippen LogP) is 0.295. The fraction of sp³-hybridized carbons (Fsp3) is 0.333. The van der Waals surface area contributed by atoms with Crippen LogP contribution >= 0.6 is 0 Å². The van der Waals surface area contributed by atoms with E-state index in [2.05, 4.69) is 32.4 Å². The highest BCUT2D eigenvalue weighted by Gasteiger charge is 2.11. The van der Waals surface area contributed by atoms with Crippen molar-refractivity contribution in [2.45, 2.75) is 19.8 Å². The largest absolute Gasteiger partial charge is 0.308 e. The predicted molar refractivity (Wildman–Crippen MR) is 58.8 cm³/mol. The molecule has 0 amide bonds. The van der Waals surface area contributed by atoms with Gasteiger partial charge in [-0.25, -0.2) is 25.5 Å². The van der Waals surface area contributed by atoms with Gasteiger partial charge in [0.2, 0.25) is 0 Å². The number of nitrogens with zero attached hydrogens (tertiary/aromatic N) is 5. The summed E-state index contributed by atoms with van der Waals surface area (Å²) in [6.45, 7) is 2.08. The Morgan fingerprint density at radius 1 is 1.38 bits per heavy atom. The van der Waals surface area contributed by atoms with Crippen LogP contribution in [0.25, 0.3) is 5.82 Å². The van der Waals surface area contributed by atoms with Gasteiger partial charge >= 0.3 is 0 Å². The van der Waals surface area contributed by atoms with Gasteiger partial charge in [0.05, 0.1) is 0 Å². The van der Waals surface area contributed by atoms with Crippen LogP contribution in [0.15, 0.2) is 19.0 Å². The summed E-state index contributed by atoms with van der Waals surface area (Å²) >= 11 is 0. The van der Waals surface area contributed by atoms with E-state index in [4.69, 9.17) is 5.84 Å². The molecule has 0 unspecified atom stereocenters. The van der Waals surface area contributed by atoms with Crippen LogP contribution in [0.3, 0.4) is 0 Å². The molecule has 7 nitrogen and oxygen atoms in total. The fourth-order valence-electron chi connectivity index (χ4n) is 1.52. The molecule has 0 aliphatic rings. The number of aromatic nitrogens is 5. The topological polar surface area (TPSA) is 94.5 Å². The molecule has 0 radical (unpaired) electrons. The lowest BCUT2D eigenvalue weighted by Gasteiger charge is -2.10. The van der Waals surface area contributed by atoms with Crippen LogP contribution in [0.2, 0.25) is 0 Å². The van der Waals surface area contributed by atoms with E-state index in [1.54, 1.807) is 11.0 Å². The van der Waals surface area contributed by atoms with Crippen molar-refractivity contribution in [3.63, 3.8) is 0 Å². The van der Waals surface area contributed by atoms with Gasteiger partial charge in [0.1, 0.15) is 24.8 Å². The average Bonchev–Trinajstić information content (AvgIpc) is 2.83. The van der Waals surface area contributed by atoms with Gasteiger partial charge in [-0.2, -0.15) is 5.10 Å². The maximum absolute atomic E-state index is 5.42. The fourth-order valence-corrected chi connectivity index (χ4v) is 1.52. The number of anilines is 1. The Morgan fingerprint density at radius 3 is 2.88 bits per heavy atom. The molecule has 7 heteroatoms. The van der Waals surface area contributed by atoms with E-state index < -0.39 is 0 Å². The first kappa shape index (κ1) is 10.5. The zero-order valence-electron chi connectivity index (χ0n) is 8.96. The highest BCUT2D eigenvalue weighted by molar-refractivity contribution is 5.50. The summed E-state index contributed by atoms with van der Waals surface area (Å²) in [6, 6.07) is 0. The van der Waals surface area contributed by atoms with Crippen LogP contribution in [0, 0.1) is 0 Å². The molecule has 0 spiro atoms. The Bertz CT molecular complexity index is 451. The summed E-state index contributed by atoms with van der Waals surface area (Å²) in [5, 5.41) is 4.05. The molecule has 2 rings (SSSR count). The molecule has 0 atom stereocenters. The Morgan fingerprint density at radius 2 is 2.25 bits per heavy atom. The SMILES string of the molecule is CCCc1c(NN)ncnc1-n1cncn1. The molecule has 0 fully saturated rings. The van der Waals surface area contributed by atoms with Crippen molar-refractivity contribution >= 4 is 5.82 Å². The standard InChI is InChI=1S/C9H13N7/c1-2-3-7-8(15-10)12-5-13-9(7)16-6-11-4-14-16/h4-6H,2-3,10H2,1H3,(H,12,13,15). The summed E-state index contributed by atoms with van der Waals surface area (Å²) in [4.78, 5) is 12.2. The van der Waals surface area contributed by atoms with Gasteiger partial charge in [-0.1, -0.05) is 13.3 Å². The van der Waals surface area contributed by atoms with E-state index in [9.17, 15) is 0 Å². The molecule has 3 N–H and O–H groups in total. The molecule has 0 bridgehead atoms. The maximum Gasteiger partial charge on any atom is 0.163 e. The van der Waals surface area contributed by atoms with E-state index in [1.807, 2.05) is 0 Å². The Hall–Kier alpha value is -2.02. The minimum atomic E-state index is 0.627. The van der Waals surface area contributed by atoms with Crippen LogP contribution in [0.4, 0.5) is 5.82 Å².